The lowest BCUT2D eigenvalue weighted by molar-refractivity contribution is -0.119. The lowest BCUT2D eigenvalue weighted by atomic mass is 10.0. The maximum atomic E-state index is 12.2. The fourth-order valence-corrected chi connectivity index (χ4v) is 3.63. The SMILES string of the molecule is Cc1ccc(N2C(=O)CN=C2SCC(=O)N[C@H](C)CCCC(C)C)cc1. The molecule has 1 atom stereocenters. The zero-order valence-electron chi connectivity index (χ0n) is 16.1. The van der Waals surface area contributed by atoms with Crippen molar-refractivity contribution in [1.29, 1.82) is 0 Å². The maximum Gasteiger partial charge on any atom is 0.254 e. The third-order valence-electron chi connectivity index (χ3n) is 4.24. The van der Waals surface area contributed by atoms with Crippen molar-refractivity contribution in [2.75, 3.05) is 17.2 Å². The summed E-state index contributed by atoms with van der Waals surface area (Å²) in [6, 6.07) is 7.92. The number of aryl methyl sites for hydroxylation is 1. The van der Waals surface area contributed by atoms with Crippen LogP contribution in [0.5, 0.6) is 0 Å². The number of carbonyl (C=O) groups excluding carboxylic acids is 2. The van der Waals surface area contributed by atoms with Crippen molar-refractivity contribution in [1.82, 2.24) is 5.32 Å². The van der Waals surface area contributed by atoms with Gasteiger partial charge in [0.2, 0.25) is 5.91 Å². The number of hydrogen-bond acceptors (Lipinski definition) is 4. The van der Waals surface area contributed by atoms with Crippen molar-refractivity contribution in [2.45, 2.75) is 53.0 Å². The van der Waals surface area contributed by atoms with Gasteiger partial charge < -0.3 is 5.32 Å². The molecule has 26 heavy (non-hydrogen) atoms. The predicted octanol–water partition coefficient (Wildman–Crippen LogP) is 3.76. The summed E-state index contributed by atoms with van der Waals surface area (Å²) in [7, 11) is 0. The molecule has 2 amide bonds. The molecule has 0 saturated heterocycles. The van der Waals surface area contributed by atoms with Gasteiger partial charge in [-0.05, 0) is 38.3 Å². The number of nitrogens with one attached hydrogen (secondary N) is 1. The Kier molecular flexibility index (Phi) is 7.69. The van der Waals surface area contributed by atoms with Gasteiger partial charge in [0.1, 0.15) is 6.54 Å². The molecule has 0 radical (unpaired) electrons. The first kappa shape index (κ1) is 20.5. The monoisotopic (exact) mass is 375 g/mol. The van der Waals surface area contributed by atoms with Crippen LogP contribution in [0.3, 0.4) is 0 Å². The van der Waals surface area contributed by atoms with E-state index in [1.807, 2.05) is 38.1 Å². The van der Waals surface area contributed by atoms with Crippen LogP contribution in [0.2, 0.25) is 0 Å². The number of amidine groups is 1. The standard InChI is InChI=1S/C20H29N3O2S/c1-14(2)6-5-7-16(4)22-18(24)13-26-20-21-12-19(25)23(20)17-10-8-15(3)9-11-17/h8-11,14,16H,5-7,12-13H2,1-4H3,(H,22,24)/t16-/m1/s1. The van der Waals surface area contributed by atoms with E-state index in [1.165, 1.54) is 18.2 Å². The molecule has 1 heterocycles. The van der Waals surface area contributed by atoms with Gasteiger partial charge in [-0.2, -0.15) is 0 Å². The zero-order valence-corrected chi connectivity index (χ0v) is 16.9. The maximum absolute atomic E-state index is 12.2. The Hall–Kier alpha value is -1.82. The van der Waals surface area contributed by atoms with Crippen molar-refractivity contribution < 1.29 is 9.59 Å². The molecule has 1 aromatic rings. The van der Waals surface area contributed by atoms with Gasteiger partial charge in [0, 0.05) is 6.04 Å². The molecule has 5 nitrogen and oxygen atoms in total. The van der Waals surface area contributed by atoms with E-state index in [0.29, 0.717) is 11.1 Å². The number of thioether (sulfide) groups is 1. The van der Waals surface area contributed by atoms with Crippen LogP contribution in [0.4, 0.5) is 5.69 Å². The summed E-state index contributed by atoms with van der Waals surface area (Å²) in [5.41, 5.74) is 1.93. The van der Waals surface area contributed by atoms with E-state index in [0.717, 1.165) is 24.1 Å². The van der Waals surface area contributed by atoms with Crippen LogP contribution in [0.1, 0.15) is 45.6 Å². The molecule has 2 rings (SSSR count). The molecule has 0 unspecified atom stereocenters. The molecule has 0 aromatic heterocycles. The first-order chi connectivity index (χ1) is 12.4. The van der Waals surface area contributed by atoms with Crippen LogP contribution in [0.25, 0.3) is 0 Å². The van der Waals surface area contributed by atoms with Crippen LogP contribution in [-0.4, -0.2) is 35.3 Å². The third-order valence-corrected chi connectivity index (χ3v) is 5.22. The molecule has 0 spiro atoms. The number of hydrogen-bond donors (Lipinski definition) is 1. The molecule has 142 valence electrons. The summed E-state index contributed by atoms with van der Waals surface area (Å²) in [6.07, 6.45) is 3.29. The summed E-state index contributed by atoms with van der Waals surface area (Å²) in [5.74, 6) is 0.888. The van der Waals surface area contributed by atoms with Gasteiger partial charge in [-0.1, -0.05) is 56.1 Å². The second-order valence-electron chi connectivity index (χ2n) is 7.25. The summed E-state index contributed by atoms with van der Waals surface area (Å²) >= 11 is 1.32. The highest BCUT2D eigenvalue weighted by atomic mass is 32.2. The summed E-state index contributed by atoms with van der Waals surface area (Å²) in [6.45, 7) is 8.61. The molecular weight excluding hydrogens is 346 g/mol. The molecule has 0 bridgehead atoms. The molecule has 1 aliphatic heterocycles. The first-order valence-electron chi connectivity index (χ1n) is 9.23. The highest BCUT2D eigenvalue weighted by Crippen LogP contribution is 2.24. The zero-order chi connectivity index (χ0) is 19.1. The van der Waals surface area contributed by atoms with Crippen LogP contribution in [0.15, 0.2) is 29.3 Å². The number of carbonyl (C=O) groups is 2. The van der Waals surface area contributed by atoms with Gasteiger partial charge in [-0.15, -0.1) is 0 Å². The van der Waals surface area contributed by atoms with Crippen molar-refractivity contribution in [3.8, 4) is 0 Å². The predicted molar refractivity (Wildman–Crippen MR) is 110 cm³/mol. The number of rotatable bonds is 8. The van der Waals surface area contributed by atoms with Gasteiger partial charge in [-0.3, -0.25) is 19.5 Å². The smallest absolute Gasteiger partial charge is 0.254 e. The summed E-state index contributed by atoms with van der Waals surface area (Å²) in [5, 5.41) is 3.63. The molecule has 1 aromatic carbocycles. The van der Waals surface area contributed by atoms with E-state index in [1.54, 1.807) is 4.90 Å². The largest absolute Gasteiger partial charge is 0.353 e. The fourth-order valence-electron chi connectivity index (χ4n) is 2.79. The number of aliphatic imine (C=N–C) groups is 1. The van der Waals surface area contributed by atoms with Gasteiger partial charge in [-0.25, -0.2) is 0 Å². The minimum atomic E-state index is -0.0567. The lowest BCUT2D eigenvalue weighted by Crippen LogP contribution is -2.35. The number of anilines is 1. The average Bonchev–Trinajstić information content (AvgIpc) is 2.94. The summed E-state index contributed by atoms with van der Waals surface area (Å²) in [4.78, 5) is 30.2. The van der Waals surface area contributed by atoms with Crippen LogP contribution in [0, 0.1) is 12.8 Å². The van der Waals surface area contributed by atoms with E-state index < -0.39 is 0 Å². The van der Waals surface area contributed by atoms with E-state index in [-0.39, 0.29) is 30.2 Å². The number of nitrogens with zero attached hydrogens (tertiary/aromatic N) is 2. The lowest BCUT2D eigenvalue weighted by Gasteiger charge is -2.19. The van der Waals surface area contributed by atoms with E-state index in [4.69, 9.17) is 0 Å². The second kappa shape index (κ2) is 9.76. The van der Waals surface area contributed by atoms with Crippen molar-refractivity contribution in [2.24, 2.45) is 10.9 Å². The first-order valence-corrected chi connectivity index (χ1v) is 10.2. The van der Waals surface area contributed by atoms with E-state index in [2.05, 4.69) is 24.2 Å². The molecule has 0 aliphatic carbocycles. The topological polar surface area (TPSA) is 61.8 Å². The third kappa shape index (κ3) is 6.16. The van der Waals surface area contributed by atoms with Gasteiger partial charge >= 0.3 is 0 Å². The normalized spacial score (nSPS) is 15.3. The second-order valence-corrected chi connectivity index (χ2v) is 8.19. The molecule has 0 fully saturated rings. The van der Waals surface area contributed by atoms with E-state index in [9.17, 15) is 9.59 Å². The van der Waals surface area contributed by atoms with Crippen LogP contribution in [-0.2, 0) is 9.59 Å². The minimum Gasteiger partial charge on any atom is -0.353 e. The van der Waals surface area contributed by atoms with Gasteiger partial charge in [0.25, 0.3) is 5.91 Å². The Balaban J connectivity index is 1.83. The molecule has 0 saturated carbocycles. The average molecular weight is 376 g/mol. The molecule has 6 heteroatoms. The number of amides is 2. The Bertz CT molecular complexity index is 656. The van der Waals surface area contributed by atoms with Gasteiger partial charge in [0.05, 0.1) is 11.4 Å². The Morgan fingerprint density at radius 3 is 2.58 bits per heavy atom. The molecule has 1 aliphatic rings. The minimum absolute atomic E-state index is 0.0158. The highest BCUT2D eigenvalue weighted by molar-refractivity contribution is 8.14. The van der Waals surface area contributed by atoms with Crippen molar-refractivity contribution >= 4 is 34.4 Å². The quantitative estimate of drug-likeness (QED) is 0.752. The Morgan fingerprint density at radius 1 is 1.23 bits per heavy atom. The van der Waals surface area contributed by atoms with E-state index >= 15 is 0 Å². The van der Waals surface area contributed by atoms with Crippen molar-refractivity contribution in [3.05, 3.63) is 29.8 Å². The Labute approximate surface area is 160 Å². The fraction of sp³-hybridized carbons (Fsp3) is 0.550. The molecule has 1 N–H and O–H groups in total. The van der Waals surface area contributed by atoms with Gasteiger partial charge in [0.15, 0.2) is 5.17 Å². The summed E-state index contributed by atoms with van der Waals surface area (Å²) < 4.78 is 0. The van der Waals surface area contributed by atoms with Crippen LogP contribution >= 0.6 is 11.8 Å². The number of benzene rings is 1. The Morgan fingerprint density at radius 2 is 1.92 bits per heavy atom. The highest BCUT2D eigenvalue weighted by Gasteiger charge is 2.27. The van der Waals surface area contributed by atoms with Crippen LogP contribution < -0.4 is 10.2 Å². The van der Waals surface area contributed by atoms with Crippen molar-refractivity contribution in [3.63, 3.8) is 0 Å². The molecular formula is C20H29N3O2S.